The van der Waals surface area contributed by atoms with E-state index in [0.29, 0.717) is 17.9 Å². The molecule has 1 aliphatic rings. The molecule has 0 radical (unpaired) electrons. The molecule has 1 aliphatic heterocycles. The molecule has 1 saturated heterocycles. The first-order valence-corrected chi connectivity index (χ1v) is 7.18. The maximum absolute atomic E-state index is 12.6. The minimum absolute atomic E-state index is 0.0230. The smallest absolute Gasteiger partial charge is 0.254 e. The van der Waals surface area contributed by atoms with Crippen molar-refractivity contribution in [2.75, 3.05) is 32.1 Å². The van der Waals surface area contributed by atoms with Crippen molar-refractivity contribution in [3.05, 3.63) is 23.9 Å². The maximum atomic E-state index is 12.6. The number of carbonyl (C=O) groups excluding carboxylic acids is 1. The molecule has 1 amide bonds. The van der Waals surface area contributed by atoms with E-state index in [2.05, 4.69) is 17.2 Å². The standard InChI is InChI=1S/C15H23N3O2/c1-3-15(11-19)6-4-8-18(10-15)14(20)12-5-7-17-13(9-12)16-2/h5,7,9,19H,3-4,6,8,10-11H2,1-2H3,(H,16,17)/t15-/m0/s1. The molecule has 0 aliphatic carbocycles. The Hall–Kier alpha value is -1.62. The average Bonchev–Trinajstić information content (AvgIpc) is 2.54. The Bertz CT molecular complexity index is 472. The monoisotopic (exact) mass is 277 g/mol. The van der Waals surface area contributed by atoms with Crippen LogP contribution in [0.15, 0.2) is 18.3 Å². The zero-order chi connectivity index (χ0) is 14.6. The molecule has 0 spiro atoms. The molecule has 0 unspecified atom stereocenters. The largest absolute Gasteiger partial charge is 0.396 e. The van der Waals surface area contributed by atoms with Crippen LogP contribution in [0.3, 0.4) is 0 Å². The molecular weight excluding hydrogens is 254 g/mol. The Labute approximate surface area is 120 Å². The van der Waals surface area contributed by atoms with Crippen molar-refractivity contribution in [1.82, 2.24) is 9.88 Å². The Morgan fingerprint density at radius 2 is 2.40 bits per heavy atom. The normalized spacial score (nSPS) is 22.6. The van der Waals surface area contributed by atoms with Gasteiger partial charge in [0.05, 0.1) is 6.61 Å². The Balaban J connectivity index is 2.16. The molecule has 0 bridgehead atoms. The number of hydrogen-bond donors (Lipinski definition) is 2. The number of piperidine rings is 1. The van der Waals surface area contributed by atoms with E-state index in [0.717, 1.165) is 25.8 Å². The van der Waals surface area contributed by atoms with Crippen LogP contribution in [0, 0.1) is 5.41 Å². The molecule has 1 atom stereocenters. The fraction of sp³-hybridized carbons (Fsp3) is 0.600. The van der Waals surface area contributed by atoms with Crippen molar-refractivity contribution in [1.29, 1.82) is 0 Å². The summed E-state index contributed by atoms with van der Waals surface area (Å²) in [5.74, 6) is 0.714. The van der Waals surface area contributed by atoms with Gasteiger partial charge in [0.15, 0.2) is 0 Å². The van der Waals surface area contributed by atoms with Crippen LogP contribution in [0.2, 0.25) is 0 Å². The molecule has 2 heterocycles. The number of nitrogens with one attached hydrogen (secondary N) is 1. The number of carbonyl (C=O) groups is 1. The summed E-state index contributed by atoms with van der Waals surface area (Å²) in [4.78, 5) is 18.6. The first-order valence-electron chi connectivity index (χ1n) is 7.18. The van der Waals surface area contributed by atoms with E-state index in [9.17, 15) is 9.90 Å². The van der Waals surface area contributed by atoms with Gasteiger partial charge in [0.2, 0.25) is 0 Å². The number of amides is 1. The summed E-state index contributed by atoms with van der Waals surface area (Å²) in [6, 6.07) is 3.51. The summed E-state index contributed by atoms with van der Waals surface area (Å²) < 4.78 is 0. The Kier molecular flexibility index (Phi) is 4.60. The molecule has 5 heteroatoms. The first kappa shape index (κ1) is 14.8. The predicted molar refractivity (Wildman–Crippen MR) is 78.7 cm³/mol. The van der Waals surface area contributed by atoms with Gasteiger partial charge in [0, 0.05) is 37.3 Å². The topological polar surface area (TPSA) is 65.5 Å². The average molecular weight is 277 g/mol. The van der Waals surface area contributed by atoms with Crippen LogP contribution in [0.25, 0.3) is 0 Å². The molecule has 1 aromatic rings. The number of rotatable bonds is 4. The lowest BCUT2D eigenvalue weighted by atomic mass is 9.78. The van der Waals surface area contributed by atoms with Gasteiger partial charge in [-0.25, -0.2) is 4.98 Å². The van der Waals surface area contributed by atoms with Gasteiger partial charge in [-0.1, -0.05) is 6.92 Å². The van der Waals surface area contributed by atoms with Gasteiger partial charge in [0.1, 0.15) is 5.82 Å². The van der Waals surface area contributed by atoms with Crippen molar-refractivity contribution in [2.45, 2.75) is 26.2 Å². The van der Waals surface area contributed by atoms with Crippen LogP contribution in [-0.2, 0) is 0 Å². The van der Waals surface area contributed by atoms with Crippen LogP contribution in [0.5, 0.6) is 0 Å². The van der Waals surface area contributed by atoms with Gasteiger partial charge in [-0.3, -0.25) is 4.79 Å². The van der Waals surface area contributed by atoms with Gasteiger partial charge in [-0.05, 0) is 31.4 Å². The van der Waals surface area contributed by atoms with Crippen LogP contribution in [-0.4, -0.2) is 47.6 Å². The van der Waals surface area contributed by atoms with Crippen molar-refractivity contribution in [3.63, 3.8) is 0 Å². The van der Waals surface area contributed by atoms with Crippen molar-refractivity contribution in [2.24, 2.45) is 5.41 Å². The summed E-state index contributed by atoms with van der Waals surface area (Å²) in [7, 11) is 1.78. The Morgan fingerprint density at radius 3 is 3.05 bits per heavy atom. The van der Waals surface area contributed by atoms with E-state index in [1.54, 1.807) is 25.4 Å². The molecule has 5 nitrogen and oxygen atoms in total. The third-order valence-corrected chi connectivity index (χ3v) is 4.30. The van der Waals surface area contributed by atoms with Crippen molar-refractivity contribution >= 4 is 11.7 Å². The van der Waals surface area contributed by atoms with Gasteiger partial charge in [-0.2, -0.15) is 0 Å². The number of likely N-dealkylation sites (tertiary alicyclic amines) is 1. The number of aliphatic hydroxyl groups is 1. The van der Waals surface area contributed by atoms with E-state index in [1.807, 2.05) is 4.90 Å². The third-order valence-electron chi connectivity index (χ3n) is 4.30. The second-order valence-corrected chi connectivity index (χ2v) is 5.52. The van der Waals surface area contributed by atoms with Crippen molar-refractivity contribution in [3.8, 4) is 0 Å². The summed E-state index contributed by atoms with van der Waals surface area (Å²) in [6.07, 6.45) is 4.47. The fourth-order valence-corrected chi connectivity index (χ4v) is 2.79. The van der Waals surface area contributed by atoms with Gasteiger partial charge in [-0.15, -0.1) is 0 Å². The number of anilines is 1. The minimum atomic E-state index is -0.132. The number of aromatic nitrogens is 1. The highest BCUT2D eigenvalue weighted by Crippen LogP contribution is 2.33. The molecular formula is C15H23N3O2. The van der Waals surface area contributed by atoms with E-state index < -0.39 is 0 Å². The van der Waals surface area contributed by atoms with Crippen LogP contribution >= 0.6 is 0 Å². The lowest BCUT2D eigenvalue weighted by Gasteiger charge is -2.41. The lowest BCUT2D eigenvalue weighted by molar-refractivity contribution is 0.0251. The highest BCUT2D eigenvalue weighted by atomic mass is 16.3. The van der Waals surface area contributed by atoms with Crippen LogP contribution < -0.4 is 5.32 Å². The fourth-order valence-electron chi connectivity index (χ4n) is 2.79. The van der Waals surface area contributed by atoms with Crippen LogP contribution in [0.4, 0.5) is 5.82 Å². The second kappa shape index (κ2) is 6.22. The van der Waals surface area contributed by atoms with E-state index in [1.165, 1.54) is 0 Å². The molecule has 1 fully saturated rings. The molecule has 110 valence electrons. The third kappa shape index (κ3) is 2.93. The van der Waals surface area contributed by atoms with E-state index >= 15 is 0 Å². The van der Waals surface area contributed by atoms with Crippen LogP contribution in [0.1, 0.15) is 36.5 Å². The highest BCUT2D eigenvalue weighted by Gasteiger charge is 2.35. The lowest BCUT2D eigenvalue weighted by Crippen LogP contribution is -2.47. The van der Waals surface area contributed by atoms with Gasteiger partial charge < -0.3 is 15.3 Å². The number of hydrogen-bond acceptors (Lipinski definition) is 4. The molecule has 0 aromatic carbocycles. The van der Waals surface area contributed by atoms with Gasteiger partial charge in [0.25, 0.3) is 5.91 Å². The molecule has 20 heavy (non-hydrogen) atoms. The summed E-state index contributed by atoms with van der Waals surface area (Å²) in [6.45, 7) is 3.62. The SMILES string of the molecule is CC[C@]1(CO)CCCN(C(=O)c2ccnc(NC)c2)C1. The summed E-state index contributed by atoms with van der Waals surface area (Å²) in [5.41, 5.74) is 0.515. The molecule has 1 aromatic heterocycles. The van der Waals surface area contributed by atoms with E-state index in [4.69, 9.17) is 0 Å². The zero-order valence-electron chi connectivity index (χ0n) is 12.2. The molecule has 2 rings (SSSR count). The summed E-state index contributed by atoms with van der Waals surface area (Å²) in [5, 5.41) is 12.6. The zero-order valence-corrected chi connectivity index (χ0v) is 12.2. The quantitative estimate of drug-likeness (QED) is 0.880. The second-order valence-electron chi connectivity index (χ2n) is 5.52. The molecule has 0 saturated carbocycles. The minimum Gasteiger partial charge on any atom is -0.396 e. The maximum Gasteiger partial charge on any atom is 0.254 e. The predicted octanol–water partition coefficient (Wildman–Crippen LogP) is 1.75. The number of pyridine rings is 1. The number of nitrogens with zero attached hydrogens (tertiary/aromatic N) is 2. The van der Waals surface area contributed by atoms with Gasteiger partial charge >= 0.3 is 0 Å². The first-order chi connectivity index (χ1) is 9.64. The highest BCUT2D eigenvalue weighted by molar-refractivity contribution is 5.94. The van der Waals surface area contributed by atoms with E-state index in [-0.39, 0.29) is 17.9 Å². The Morgan fingerprint density at radius 1 is 1.60 bits per heavy atom. The molecule has 2 N–H and O–H groups in total. The number of aliphatic hydroxyl groups excluding tert-OH is 1. The van der Waals surface area contributed by atoms with Crippen molar-refractivity contribution < 1.29 is 9.90 Å². The summed E-state index contributed by atoms with van der Waals surface area (Å²) >= 11 is 0.